The van der Waals surface area contributed by atoms with Crippen LogP contribution in [0.5, 0.6) is 5.75 Å². The minimum atomic E-state index is -0.721. The summed E-state index contributed by atoms with van der Waals surface area (Å²) >= 11 is 6.17. The predicted molar refractivity (Wildman–Crippen MR) is 78.2 cm³/mol. The normalized spacial score (nSPS) is 14.5. The van der Waals surface area contributed by atoms with E-state index in [0.717, 1.165) is 16.9 Å². The van der Waals surface area contributed by atoms with Gasteiger partial charge in [-0.1, -0.05) is 32.4 Å². The lowest BCUT2D eigenvalue weighted by molar-refractivity contribution is 0.0833. The van der Waals surface area contributed by atoms with E-state index in [0.29, 0.717) is 17.4 Å². The van der Waals surface area contributed by atoms with Crippen LogP contribution in [0.1, 0.15) is 50.2 Å². The molecule has 1 rings (SSSR count). The number of hydrogen-bond acceptors (Lipinski definition) is 3. The molecule has 3 nitrogen and oxygen atoms in total. The monoisotopic (exact) mass is 286 g/mol. The van der Waals surface area contributed by atoms with E-state index < -0.39 is 6.10 Å². The average Bonchev–Trinajstić information content (AvgIpc) is 2.37. The first kappa shape index (κ1) is 16.3. The molecule has 4 heteroatoms. The second-order valence-electron chi connectivity index (χ2n) is 5.25. The molecule has 1 aromatic rings. The van der Waals surface area contributed by atoms with Crippen LogP contribution >= 0.6 is 11.6 Å². The molecule has 0 aromatic heterocycles. The first-order valence-electron chi connectivity index (χ1n) is 6.56. The van der Waals surface area contributed by atoms with Crippen molar-refractivity contribution in [1.29, 1.82) is 0 Å². The minimum absolute atomic E-state index is 0.0632. The summed E-state index contributed by atoms with van der Waals surface area (Å²) in [6, 6.07) is 3.80. The van der Waals surface area contributed by atoms with Crippen molar-refractivity contribution >= 4 is 11.6 Å². The summed E-state index contributed by atoms with van der Waals surface area (Å²) in [6.45, 7) is 5.94. The summed E-state index contributed by atoms with van der Waals surface area (Å²) in [6.07, 6.45) is -0.244. The fraction of sp³-hybridized carbons (Fsp3) is 0.600. The van der Waals surface area contributed by atoms with Crippen molar-refractivity contribution in [2.24, 2.45) is 0 Å². The highest BCUT2D eigenvalue weighted by Gasteiger charge is 2.20. The molecule has 0 aliphatic rings. The molecule has 0 amide bonds. The quantitative estimate of drug-likeness (QED) is 0.843. The van der Waals surface area contributed by atoms with Crippen LogP contribution in [-0.2, 0) is 0 Å². The summed E-state index contributed by atoms with van der Waals surface area (Å²) in [5, 5.41) is 19.2. The van der Waals surface area contributed by atoms with E-state index in [1.54, 1.807) is 7.11 Å². The van der Waals surface area contributed by atoms with Crippen molar-refractivity contribution < 1.29 is 14.9 Å². The molecule has 0 bridgehead atoms. The van der Waals surface area contributed by atoms with Gasteiger partial charge in [0.15, 0.2) is 0 Å². The molecular weight excluding hydrogens is 264 g/mol. The second kappa shape index (κ2) is 7.13. The van der Waals surface area contributed by atoms with E-state index in [-0.39, 0.29) is 12.5 Å². The van der Waals surface area contributed by atoms with Crippen LogP contribution in [0.3, 0.4) is 0 Å². The highest BCUT2D eigenvalue weighted by atomic mass is 35.5. The van der Waals surface area contributed by atoms with Crippen LogP contribution in [0.2, 0.25) is 5.02 Å². The standard InChI is InChI=1S/C15H23ClO3/c1-9(2)13-6-11(16)7-14(15(13)19-4)10(3)5-12(18)8-17/h6-7,9-10,12,17-18H,5,8H2,1-4H3. The number of halogens is 1. The Hall–Kier alpha value is -0.770. The first-order chi connectivity index (χ1) is 8.90. The molecule has 0 aliphatic heterocycles. The molecule has 0 saturated heterocycles. The number of rotatable bonds is 6. The largest absolute Gasteiger partial charge is 0.496 e. The Kier molecular flexibility index (Phi) is 6.11. The number of methoxy groups -OCH3 is 1. The summed E-state index contributed by atoms with van der Waals surface area (Å²) < 4.78 is 5.53. The van der Waals surface area contributed by atoms with E-state index in [4.69, 9.17) is 21.4 Å². The molecule has 2 unspecified atom stereocenters. The van der Waals surface area contributed by atoms with Crippen molar-refractivity contribution in [1.82, 2.24) is 0 Å². The Morgan fingerprint density at radius 1 is 1.21 bits per heavy atom. The van der Waals surface area contributed by atoms with Crippen LogP contribution in [0.25, 0.3) is 0 Å². The summed E-state index contributed by atoms with van der Waals surface area (Å²) in [5.41, 5.74) is 2.04. The highest BCUT2D eigenvalue weighted by molar-refractivity contribution is 6.30. The van der Waals surface area contributed by atoms with Gasteiger partial charge in [0.2, 0.25) is 0 Å². The molecule has 0 heterocycles. The number of aliphatic hydroxyl groups is 2. The van der Waals surface area contributed by atoms with Crippen LogP contribution in [0.15, 0.2) is 12.1 Å². The van der Waals surface area contributed by atoms with Gasteiger partial charge in [0.1, 0.15) is 5.75 Å². The maximum atomic E-state index is 9.58. The molecular formula is C15H23ClO3. The third-order valence-electron chi connectivity index (χ3n) is 3.30. The van der Waals surface area contributed by atoms with Crippen LogP contribution < -0.4 is 4.74 Å². The Bertz CT molecular complexity index is 418. The third kappa shape index (κ3) is 4.10. The third-order valence-corrected chi connectivity index (χ3v) is 3.52. The minimum Gasteiger partial charge on any atom is -0.496 e. The van der Waals surface area contributed by atoms with Crippen molar-refractivity contribution in [3.05, 3.63) is 28.3 Å². The van der Waals surface area contributed by atoms with Crippen LogP contribution in [0.4, 0.5) is 0 Å². The fourth-order valence-electron chi connectivity index (χ4n) is 2.28. The Morgan fingerprint density at radius 3 is 2.26 bits per heavy atom. The van der Waals surface area contributed by atoms with Crippen molar-refractivity contribution in [3.8, 4) is 5.75 Å². The zero-order valence-corrected chi connectivity index (χ0v) is 12.7. The van der Waals surface area contributed by atoms with Gasteiger partial charge in [-0.25, -0.2) is 0 Å². The number of aliphatic hydroxyl groups excluding tert-OH is 2. The highest BCUT2D eigenvalue weighted by Crippen LogP contribution is 2.38. The van der Waals surface area contributed by atoms with Crippen molar-refractivity contribution in [2.75, 3.05) is 13.7 Å². The lowest BCUT2D eigenvalue weighted by atomic mass is 9.90. The van der Waals surface area contributed by atoms with Gasteiger partial charge >= 0.3 is 0 Å². The molecule has 0 radical (unpaired) electrons. The van der Waals surface area contributed by atoms with Gasteiger partial charge < -0.3 is 14.9 Å². The number of hydrogen-bond donors (Lipinski definition) is 2. The maximum absolute atomic E-state index is 9.58. The first-order valence-corrected chi connectivity index (χ1v) is 6.94. The number of ether oxygens (including phenoxy) is 1. The van der Waals surface area contributed by atoms with E-state index in [1.165, 1.54) is 0 Å². The zero-order valence-electron chi connectivity index (χ0n) is 12.0. The van der Waals surface area contributed by atoms with Gasteiger partial charge in [0, 0.05) is 5.02 Å². The van der Waals surface area contributed by atoms with Crippen LogP contribution in [0, 0.1) is 0 Å². The van der Waals surface area contributed by atoms with Gasteiger partial charge in [-0.3, -0.25) is 0 Å². The molecule has 0 spiro atoms. The summed E-state index contributed by atoms with van der Waals surface area (Å²) in [5.74, 6) is 1.20. The molecule has 1 aromatic carbocycles. The average molecular weight is 287 g/mol. The van der Waals surface area contributed by atoms with Gasteiger partial charge in [-0.05, 0) is 41.5 Å². The molecule has 108 valence electrons. The van der Waals surface area contributed by atoms with Crippen LogP contribution in [-0.4, -0.2) is 30.0 Å². The van der Waals surface area contributed by atoms with Crippen molar-refractivity contribution in [3.63, 3.8) is 0 Å². The SMILES string of the molecule is COc1c(C(C)C)cc(Cl)cc1C(C)CC(O)CO. The number of benzene rings is 1. The molecule has 2 N–H and O–H groups in total. The molecule has 2 atom stereocenters. The zero-order chi connectivity index (χ0) is 14.6. The van der Waals surface area contributed by atoms with Gasteiger partial charge in [-0.2, -0.15) is 0 Å². The van der Waals surface area contributed by atoms with E-state index >= 15 is 0 Å². The molecule has 0 fully saturated rings. The Balaban J connectivity index is 3.18. The van der Waals surface area contributed by atoms with E-state index in [9.17, 15) is 5.11 Å². The molecule has 19 heavy (non-hydrogen) atoms. The maximum Gasteiger partial charge on any atom is 0.125 e. The Morgan fingerprint density at radius 2 is 1.79 bits per heavy atom. The van der Waals surface area contributed by atoms with Gasteiger partial charge in [0.25, 0.3) is 0 Å². The molecule has 0 saturated carbocycles. The Labute approximate surface area is 120 Å². The lowest BCUT2D eigenvalue weighted by Gasteiger charge is -2.22. The van der Waals surface area contributed by atoms with E-state index in [1.807, 2.05) is 19.1 Å². The van der Waals surface area contributed by atoms with Crippen molar-refractivity contribution in [2.45, 2.75) is 45.1 Å². The van der Waals surface area contributed by atoms with E-state index in [2.05, 4.69) is 13.8 Å². The van der Waals surface area contributed by atoms with Gasteiger partial charge in [-0.15, -0.1) is 0 Å². The topological polar surface area (TPSA) is 49.7 Å². The molecule has 0 aliphatic carbocycles. The smallest absolute Gasteiger partial charge is 0.125 e. The predicted octanol–water partition coefficient (Wildman–Crippen LogP) is 3.32. The second-order valence-corrected chi connectivity index (χ2v) is 5.68. The van der Waals surface area contributed by atoms with Gasteiger partial charge in [0.05, 0.1) is 19.8 Å². The fourth-order valence-corrected chi connectivity index (χ4v) is 2.51. The summed E-state index contributed by atoms with van der Waals surface area (Å²) in [4.78, 5) is 0. The lowest BCUT2D eigenvalue weighted by Crippen LogP contribution is -2.15. The summed E-state index contributed by atoms with van der Waals surface area (Å²) in [7, 11) is 1.65.